The smallest absolute Gasteiger partial charge is 0.103 e. The van der Waals surface area contributed by atoms with Crippen molar-refractivity contribution >= 4 is 64.6 Å². The number of fused-ring (bicyclic) bond motifs is 3. The SMILES string of the molecule is N#Cc1cnc2c(sc3ccc(N)cc32)c1Nc1cccc(Br)c1. The highest BCUT2D eigenvalue weighted by atomic mass is 79.9. The number of pyridine rings is 1. The third-order valence-electron chi connectivity index (χ3n) is 3.72. The first-order valence-corrected chi connectivity index (χ1v) is 8.80. The third kappa shape index (κ3) is 2.48. The Morgan fingerprint density at radius 1 is 1.21 bits per heavy atom. The van der Waals surface area contributed by atoms with Crippen LogP contribution in [0.1, 0.15) is 5.56 Å². The van der Waals surface area contributed by atoms with Gasteiger partial charge in [-0.25, -0.2) is 0 Å². The van der Waals surface area contributed by atoms with Gasteiger partial charge in [0.25, 0.3) is 0 Å². The summed E-state index contributed by atoms with van der Waals surface area (Å²) in [6.45, 7) is 0. The van der Waals surface area contributed by atoms with Crippen molar-refractivity contribution in [3.63, 3.8) is 0 Å². The minimum atomic E-state index is 0.516. The van der Waals surface area contributed by atoms with Crippen molar-refractivity contribution in [1.82, 2.24) is 4.98 Å². The molecular formula is C18H11BrN4S. The lowest BCUT2D eigenvalue weighted by molar-refractivity contribution is 1.38. The van der Waals surface area contributed by atoms with E-state index in [1.807, 2.05) is 42.5 Å². The molecule has 0 aliphatic carbocycles. The molecule has 0 bridgehead atoms. The zero-order chi connectivity index (χ0) is 16.7. The van der Waals surface area contributed by atoms with E-state index >= 15 is 0 Å². The summed E-state index contributed by atoms with van der Waals surface area (Å²) in [5.74, 6) is 0. The van der Waals surface area contributed by atoms with Crippen LogP contribution in [0.3, 0.4) is 0 Å². The molecule has 2 aromatic carbocycles. The van der Waals surface area contributed by atoms with Gasteiger partial charge in [0.15, 0.2) is 0 Å². The number of nitrogen functional groups attached to an aromatic ring is 1. The van der Waals surface area contributed by atoms with Gasteiger partial charge in [0.1, 0.15) is 6.07 Å². The second kappa shape index (κ2) is 5.78. The van der Waals surface area contributed by atoms with Crippen LogP contribution in [0.4, 0.5) is 17.1 Å². The van der Waals surface area contributed by atoms with E-state index in [1.165, 1.54) is 0 Å². The number of nitrogens with one attached hydrogen (secondary N) is 1. The number of anilines is 3. The molecule has 24 heavy (non-hydrogen) atoms. The maximum atomic E-state index is 9.47. The van der Waals surface area contributed by atoms with E-state index < -0.39 is 0 Å². The van der Waals surface area contributed by atoms with Gasteiger partial charge in [-0.1, -0.05) is 22.0 Å². The molecular weight excluding hydrogens is 384 g/mol. The lowest BCUT2D eigenvalue weighted by Crippen LogP contribution is -1.95. The molecule has 0 fully saturated rings. The van der Waals surface area contributed by atoms with Gasteiger partial charge in [-0.3, -0.25) is 4.98 Å². The Hall–Kier alpha value is -2.62. The summed E-state index contributed by atoms with van der Waals surface area (Å²) in [6, 6.07) is 15.9. The minimum Gasteiger partial charge on any atom is -0.399 e. The van der Waals surface area contributed by atoms with Crippen LogP contribution in [-0.4, -0.2) is 4.98 Å². The van der Waals surface area contributed by atoms with Gasteiger partial charge < -0.3 is 11.1 Å². The molecule has 4 nitrogen and oxygen atoms in total. The van der Waals surface area contributed by atoms with E-state index in [1.54, 1.807) is 17.5 Å². The summed E-state index contributed by atoms with van der Waals surface area (Å²) in [7, 11) is 0. The van der Waals surface area contributed by atoms with Gasteiger partial charge in [-0.15, -0.1) is 11.3 Å². The second-order valence-corrected chi connectivity index (χ2v) is 7.30. The standard InChI is InChI=1S/C18H11BrN4S/c19-11-2-1-3-13(6-11)23-16-10(8-20)9-22-17-14-7-12(21)4-5-15(14)24-18(16)17/h1-7,9H,21H2,(H,22,23). The number of aromatic nitrogens is 1. The van der Waals surface area contributed by atoms with Gasteiger partial charge >= 0.3 is 0 Å². The number of nitrogens with zero attached hydrogens (tertiary/aromatic N) is 2. The quantitative estimate of drug-likeness (QED) is 0.445. The number of thiophene rings is 1. The number of hydrogen-bond donors (Lipinski definition) is 2. The van der Waals surface area contributed by atoms with Gasteiger partial charge in [-0.05, 0) is 36.4 Å². The summed E-state index contributed by atoms with van der Waals surface area (Å²) in [5.41, 5.74) is 9.68. The molecule has 116 valence electrons. The van der Waals surface area contributed by atoms with E-state index in [2.05, 4.69) is 32.3 Å². The van der Waals surface area contributed by atoms with Crippen molar-refractivity contribution < 1.29 is 0 Å². The predicted octanol–water partition coefficient (Wildman–Crippen LogP) is 5.41. The zero-order valence-corrected chi connectivity index (χ0v) is 14.8. The van der Waals surface area contributed by atoms with Crippen molar-refractivity contribution in [3.05, 3.63) is 58.7 Å². The Morgan fingerprint density at radius 3 is 2.88 bits per heavy atom. The predicted molar refractivity (Wildman–Crippen MR) is 104 cm³/mol. The zero-order valence-electron chi connectivity index (χ0n) is 12.4. The van der Waals surface area contributed by atoms with Gasteiger partial charge in [0.05, 0.1) is 21.5 Å². The van der Waals surface area contributed by atoms with Crippen molar-refractivity contribution in [1.29, 1.82) is 5.26 Å². The Kier molecular flexibility index (Phi) is 3.60. The van der Waals surface area contributed by atoms with Crippen molar-refractivity contribution in [3.8, 4) is 6.07 Å². The molecule has 6 heteroatoms. The molecule has 4 aromatic rings. The van der Waals surface area contributed by atoms with Gasteiger partial charge in [-0.2, -0.15) is 5.26 Å². The normalized spacial score (nSPS) is 10.8. The average molecular weight is 395 g/mol. The molecule has 2 heterocycles. The number of hydrogen-bond acceptors (Lipinski definition) is 5. The fraction of sp³-hybridized carbons (Fsp3) is 0. The van der Waals surface area contributed by atoms with E-state index in [-0.39, 0.29) is 0 Å². The molecule has 2 aromatic heterocycles. The molecule has 4 rings (SSSR count). The number of benzene rings is 2. The van der Waals surface area contributed by atoms with E-state index in [9.17, 15) is 5.26 Å². The number of halogens is 1. The van der Waals surface area contributed by atoms with Crippen LogP contribution in [0, 0.1) is 11.3 Å². The van der Waals surface area contributed by atoms with Crippen LogP contribution < -0.4 is 11.1 Å². The Balaban J connectivity index is 1.98. The van der Waals surface area contributed by atoms with Crippen LogP contribution in [0.15, 0.2) is 53.1 Å². The highest BCUT2D eigenvalue weighted by Crippen LogP contribution is 2.40. The highest BCUT2D eigenvalue weighted by Gasteiger charge is 2.15. The average Bonchev–Trinajstić information content (AvgIpc) is 2.93. The van der Waals surface area contributed by atoms with Crippen LogP contribution in [0.2, 0.25) is 0 Å². The maximum Gasteiger partial charge on any atom is 0.103 e. The Bertz CT molecular complexity index is 1130. The van der Waals surface area contributed by atoms with Crippen molar-refractivity contribution in [2.24, 2.45) is 0 Å². The number of rotatable bonds is 2. The largest absolute Gasteiger partial charge is 0.399 e. The van der Waals surface area contributed by atoms with Crippen molar-refractivity contribution in [2.75, 3.05) is 11.1 Å². The van der Waals surface area contributed by atoms with Crippen LogP contribution in [-0.2, 0) is 0 Å². The maximum absolute atomic E-state index is 9.47. The molecule has 0 unspecified atom stereocenters. The number of nitriles is 1. The highest BCUT2D eigenvalue weighted by molar-refractivity contribution is 9.10. The van der Waals surface area contributed by atoms with Gasteiger partial charge in [0, 0.05) is 32.1 Å². The molecule has 0 saturated heterocycles. The lowest BCUT2D eigenvalue weighted by atomic mass is 10.1. The fourth-order valence-electron chi connectivity index (χ4n) is 2.64. The molecule has 0 saturated carbocycles. The summed E-state index contributed by atoms with van der Waals surface area (Å²) in [4.78, 5) is 4.48. The van der Waals surface area contributed by atoms with E-state index in [4.69, 9.17) is 5.73 Å². The molecule has 3 N–H and O–H groups in total. The molecule has 0 aliphatic heterocycles. The molecule has 0 atom stereocenters. The van der Waals surface area contributed by atoms with E-state index in [0.717, 1.165) is 36.2 Å². The monoisotopic (exact) mass is 394 g/mol. The van der Waals surface area contributed by atoms with Gasteiger partial charge in [0.2, 0.25) is 0 Å². The second-order valence-electron chi connectivity index (χ2n) is 5.33. The van der Waals surface area contributed by atoms with Crippen molar-refractivity contribution in [2.45, 2.75) is 0 Å². The third-order valence-corrected chi connectivity index (χ3v) is 5.39. The fourth-order valence-corrected chi connectivity index (χ4v) is 4.18. The molecule has 0 spiro atoms. The molecule has 0 aliphatic rings. The Morgan fingerprint density at radius 2 is 2.08 bits per heavy atom. The topological polar surface area (TPSA) is 74.7 Å². The first-order valence-electron chi connectivity index (χ1n) is 7.19. The molecule has 0 amide bonds. The first-order chi connectivity index (χ1) is 11.7. The summed E-state index contributed by atoms with van der Waals surface area (Å²) >= 11 is 5.07. The summed E-state index contributed by atoms with van der Waals surface area (Å²) < 4.78 is 3.02. The molecule has 0 radical (unpaired) electrons. The summed E-state index contributed by atoms with van der Waals surface area (Å²) in [6.07, 6.45) is 1.61. The minimum absolute atomic E-state index is 0.516. The van der Waals surface area contributed by atoms with E-state index in [0.29, 0.717) is 11.3 Å². The van der Waals surface area contributed by atoms with Crippen LogP contribution in [0.25, 0.3) is 20.3 Å². The number of nitrogens with two attached hydrogens (primary N) is 1. The Labute approximate surface area is 150 Å². The summed E-state index contributed by atoms with van der Waals surface area (Å²) in [5, 5.41) is 13.9. The lowest BCUT2D eigenvalue weighted by Gasteiger charge is -2.09. The van der Waals surface area contributed by atoms with Crippen LogP contribution in [0.5, 0.6) is 0 Å². The first kappa shape index (κ1) is 14.9. The van der Waals surface area contributed by atoms with Crippen LogP contribution >= 0.6 is 27.3 Å².